The predicted octanol–water partition coefficient (Wildman–Crippen LogP) is 19.7. The van der Waals surface area contributed by atoms with E-state index in [-0.39, 0.29) is 60.3 Å². The molecule has 0 saturated heterocycles. The number of halogens is 9. The first-order valence-corrected chi connectivity index (χ1v) is 47.5. The summed E-state index contributed by atoms with van der Waals surface area (Å²) >= 11 is 0. The minimum absolute atomic E-state index is 0.00919. The minimum atomic E-state index is -6.09. The van der Waals surface area contributed by atoms with Crippen LogP contribution >= 0.6 is 0 Å². The molecule has 0 aromatic heterocycles. The van der Waals surface area contributed by atoms with E-state index in [1.165, 1.54) is 58.7 Å². The van der Waals surface area contributed by atoms with Crippen LogP contribution in [0.25, 0.3) is 0 Å². The highest BCUT2D eigenvalue weighted by molar-refractivity contribution is 7.98. The van der Waals surface area contributed by atoms with Gasteiger partial charge in [-0.25, -0.2) is 65.8 Å². The Kier molecular flexibility index (Phi) is 39.1. The number of rotatable bonds is 17. The van der Waals surface area contributed by atoms with E-state index < -0.39 is 80.1 Å². The quantitative estimate of drug-likeness (QED) is 0.0205. The summed E-state index contributed by atoms with van der Waals surface area (Å²) in [5.74, 6) is -12.5. The highest BCUT2D eigenvalue weighted by Crippen LogP contribution is 2.38. The number of hydrogen-bond donors (Lipinski definition) is 0. The largest absolute Gasteiger partial charge is 0.744 e. The maximum atomic E-state index is 12.6. The fourth-order valence-corrected chi connectivity index (χ4v) is 21.5. The van der Waals surface area contributed by atoms with Crippen molar-refractivity contribution < 1.29 is 103 Å². The molecule has 123 heavy (non-hydrogen) atoms. The predicted molar refractivity (Wildman–Crippen MR) is 453 cm³/mol. The Morgan fingerprint density at radius 3 is 0.488 bits per heavy atom. The topological polar surface area (TPSA) is 264 Å². The Morgan fingerprint density at radius 1 is 0.252 bits per heavy atom. The van der Waals surface area contributed by atoms with E-state index in [2.05, 4.69) is 378 Å². The SMILES string of the molecule is CC(C)c1cc(C(C)C)c(S(=O)(=O)[O-])c(C(C)C)c1.O=S(=O)([O-])C(F)(F)F.O=S(=O)([O-])c1c(F)c(F)c(F)c(F)c1F.[O-][Cl+3]([O-])([O-])[O-].c1ccc([S+](c2ccccc2)c2ccccc2)cc1.c1ccc([S+](c2ccccc2)c2ccccc2)cc1.c1ccc([S+](c2ccccc2)c2ccccc2)cc1.c1ccc([S+](c2ccccc2)c2ccccc2)cc1. The lowest BCUT2D eigenvalue weighted by atomic mass is 9.89. The van der Waals surface area contributed by atoms with E-state index >= 15 is 0 Å². The number of benzene rings is 14. The van der Waals surface area contributed by atoms with Crippen molar-refractivity contribution in [1.82, 2.24) is 0 Å². The highest BCUT2D eigenvalue weighted by Gasteiger charge is 2.37. The molecule has 0 aliphatic heterocycles. The number of hydrogen-bond acceptors (Lipinski definition) is 13. The van der Waals surface area contributed by atoms with E-state index in [9.17, 15) is 61.1 Å². The molecule has 13 nitrogen and oxygen atoms in total. The van der Waals surface area contributed by atoms with Gasteiger partial charge in [-0.1, -0.05) is 272 Å². The van der Waals surface area contributed by atoms with Gasteiger partial charge >= 0.3 is 5.51 Å². The fraction of sp³-hybridized carbons (Fsp3) is 0.106. The molecule has 0 bridgehead atoms. The molecule has 29 heteroatoms. The van der Waals surface area contributed by atoms with Crippen molar-refractivity contribution in [2.24, 2.45) is 0 Å². The molecule has 0 amide bonds. The molecule has 0 aliphatic carbocycles. The van der Waals surface area contributed by atoms with E-state index in [0.717, 1.165) is 5.56 Å². The van der Waals surface area contributed by atoms with Gasteiger partial charge < -0.3 is 13.7 Å². The first kappa shape index (κ1) is 99.9. The Hall–Kier alpha value is -10.2. The lowest BCUT2D eigenvalue weighted by Gasteiger charge is -2.24. The van der Waals surface area contributed by atoms with Crippen molar-refractivity contribution in [2.45, 2.75) is 133 Å². The third kappa shape index (κ3) is 31.5. The molecule has 0 heterocycles. The van der Waals surface area contributed by atoms with Crippen LogP contribution in [0.3, 0.4) is 0 Å². The van der Waals surface area contributed by atoms with Crippen molar-refractivity contribution in [2.75, 3.05) is 0 Å². The summed E-state index contributed by atoms with van der Waals surface area (Å²) in [4.78, 5) is 13.9. The zero-order valence-electron chi connectivity index (χ0n) is 66.6. The normalized spacial score (nSPS) is 11.3. The molecule has 14 aromatic carbocycles. The standard InChI is InChI=1S/4C18H15S.C15H24O3S.C6HF5O3S.CHF3O3S.ClHO4/c4*1-4-10-16(11-5-1)19(17-12-6-2-7-13-17)18-14-8-3-9-15-18;1-9(2)12-7-13(10(3)4)15(19(16,17)18)14(8-12)11(5)6;7-1-2(8)4(10)6(15(12,13)14)5(11)3(1)9;2-1(3,4)8(5,6)7;2-1(3,4)5/h4*1-15H;7-11H,1-6H3,(H,16,17,18);(H,12,13,14);(H,5,6,7);(H,2,3,4,5)/q4*+1;;;;/p-4. The molecule has 0 saturated carbocycles. The van der Waals surface area contributed by atoms with E-state index in [4.69, 9.17) is 31.6 Å². The Morgan fingerprint density at radius 2 is 0.382 bits per heavy atom. The minimum Gasteiger partial charge on any atom is -0.744 e. The average molecular weight is 1830 g/mol. The third-order valence-electron chi connectivity index (χ3n) is 16.8. The fourth-order valence-electron chi connectivity index (χ4n) is 11.3. The average Bonchev–Trinajstić information content (AvgIpc) is 0.775. The maximum absolute atomic E-state index is 12.6. The molecule has 0 fully saturated rings. The molecule has 0 aliphatic rings. The smallest absolute Gasteiger partial charge is 0.485 e. The van der Waals surface area contributed by atoms with Gasteiger partial charge in [-0.3, -0.25) is 0 Å². The van der Waals surface area contributed by atoms with Crippen molar-refractivity contribution >= 4 is 73.9 Å². The van der Waals surface area contributed by atoms with E-state index in [1.807, 2.05) is 39.8 Å². The second-order valence-electron chi connectivity index (χ2n) is 26.6. The molecule has 14 rings (SSSR count). The van der Waals surface area contributed by atoms with Gasteiger partial charge in [-0.15, -0.1) is 10.2 Å². The van der Waals surface area contributed by atoms with Crippen LogP contribution in [0, 0.1) is 39.3 Å². The Labute approximate surface area is 726 Å². The van der Waals surface area contributed by atoms with Gasteiger partial charge in [-0.2, -0.15) is 13.2 Å². The van der Waals surface area contributed by atoms with Gasteiger partial charge in [0.25, 0.3) is 0 Å². The summed E-state index contributed by atoms with van der Waals surface area (Å²) in [6, 6.07) is 132. The van der Waals surface area contributed by atoms with Gasteiger partial charge in [0.2, 0.25) is 5.82 Å². The summed E-state index contributed by atoms with van der Waals surface area (Å²) in [6.07, 6.45) is 0. The summed E-state index contributed by atoms with van der Waals surface area (Å²) in [5, 5.41) is 0. The molecular formula is C94H83ClF8O13S7. The third-order valence-corrected chi connectivity index (χ3v) is 28.1. The lowest BCUT2D eigenvalue weighted by Crippen LogP contribution is -2.68. The molecule has 642 valence electrons. The van der Waals surface area contributed by atoms with Crippen LogP contribution in [0.15, 0.2) is 445 Å². The van der Waals surface area contributed by atoms with Gasteiger partial charge in [-0.05, 0) is 180 Å². The molecule has 0 spiro atoms. The van der Waals surface area contributed by atoms with Crippen molar-refractivity contribution in [3.8, 4) is 0 Å². The van der Waals surface area contributed by atoms with Crippen molar-refractivity contribution in [3.63, 3.8) is 0 Å². The maximum Gasteiger partial charge on any atom is 0.485 e. The van der Waals surface area contributed by atoms with Crippen molar-refractivity contribution in [1.29, 1.82) is 0 Å². The van der Waals surface area contributed by atoms with Crippen LogP contribution in [0.5, 0.6) is 0 Å². The van der Waals surface area contributed by atoms with Crippen LogP contribution in [0.4, 0.5) is 35.1 Å². The van der Waals surface area contributed by atoms with Crippen LogP contribution in [-0.2, 0) is 73.9 Å². The van der Waals surface area contributed by atoms with E-state index in [1.54, 1.807) is 0 Å². The Balaban J connectivity index is 0.000000197. The second kappa shape index (κ2) is 48.2. The highest BCUT2D eigenvalue weighted by atomic mass is 35.7. The molecular weight excluding hydrogens is 1750 g/mol. The van der Waals surface area contributed by atoms with Crippen LogP contribution < -0.4 is 18.6 Å². The van der Waals surface area contributed by atoms with Crippen LogP contribution in [0.1, 0.15) is 76.0 Å². The molecule has 0 atom stereocenters. The summed E-state index contributed by atoms with van der Waals surface area (Å²) in [6.45, 7) is 11.8. The summed E-state index contributed by atoms with van der Waals surface area (Å²) in [7, 11) is -21.3. The lowest BCUT2D eigenvalue weighted by molar-refractivity contribution is -2.00. The van der Waals surface area contributed by atoms with Crippen molar-refractivity contribution in [3.05, 3.63) is 422 Å². The summed E-state index contributed by atoms with van der Waals surface area (Å²) in [5.41, 5.74) is -3.28. The molecule has 14 aromatic rings. The summed E-state index contributed by atoms with van der Waals surface area (Å²) < 4.78 is 221. The van der Waals surface area contributed by atoms with Gasteiger partial charge in [0.1, 0.15) is 25.1 Å². The van der Waals surface area contributed by atoms with E-state index in [0.29, 0.717) is 17.0 Å². The molecule has 0 N–H and O–H groups in total. The van der Waals surface area contributed by atoms with Crippen LogP contribution in [0.2, 0.25) is 0 Å². The van der Waals surface area contributed by atoms with Gasteiger partial charge in [0, 0.05) is 0 Å². The van der Waals surface area contributed by atoms with Crippen LogP contribution in [-0.4, -0.2) is 44.4 Å². The second-order valence-corrected chi connectivity index (χ2v) is 39.4. The molecule has 0 radical (unpaired) electrons. The zero-order valence-corrected chi connectivity index (χ0v) is 73.1. The van der Waals surface area contributed by atoms with Gasteiger partial charge in [0.05, 0.1) is 48.5 Å². The first-order chi connectivity index (χ1) is 58.3. The number of alkyl halides is 3. The monoisotopic (exact) mass is 1830 g/mol. The first-order valence-electron chi connectivity index (χ1n) is 37.1. The molecule has 0 unspecified atom stereocenters. The zero-order chi connectivity index (χ0) is 90.1. The Bertz CT molecular complexity index is 4950. The van der Waals surface area contributed by atoms with Gasteiger partial charge in [0.15, 0.2) is 92.1 Å².